The fourth-order valence-corrected chi connectivity index (χ4v) is 3.43. The number of rotatable bonds is 7. The molecular formula is C18H19F3N2O4S. The monoisotopic (exact) mass is 416 g/mol. The van der Waals surface area contributed by atoms with Crippen LogP contribution in [0.2, 0.25) is 0 Å². The van der Waals surface area contributed by atoms with Gasteiger partial charge in [0.25, 0.3) is 0 Å². The van der Waals surface area contributed by atoms with E-state index in [-0.39, 0.29) is 10.6 Å². The van der Waals surface area contributed by atoms with Crippen LogP contribution in [0.15, 0.2) is 53.4 Å². The number of halogens is 3. The van der Waals surface area contributed by atoms with Gasteiger partial charge in [0.05, 0.1) is 23.1 Å². The summed E-state index contributed by atoms with van der Waals surface area (Å²) in [6, 6.07) is 8.34. The zero-order chi connectivity index (χ0) is 20.9. The minimum atomic E-state index is -4.48. The maximum atomic E-state index is 12.6. The average Bonchev–Trinajstić information content (AvgIpc) is 2.62. The number of carbonyl (C=O) groups is 1. The van der Waals surface area contributed by atoms with Gasteiger partial charge in [-0.15, -0.1) is 0 Å². The van der Waals surface area contributed by atoms with Crippen molar-refractivity contribution in [3.8, 4) is 5.75 Å². The Morgan fingerprint density at radius 2 is 1.64 bits per heavy atom. The number of carbonyl (C=O) groups excluding carboxylic acids is 1. The number of sulfonamides is 1. The maximum absolute atomic E-state index is 12.6. The van der Waals surface area contributed by atoms with E-state index in [4.69, 9.17) is 4.74 Å². The Hall–Kier alpha value is -2.59. The van der Waals surface area contributed by atoms with Crippen molar-refractivity contribution in [2.75, 3.05) is 11.9 Å². The summed E-state index contributed by atoms with van der Waals surface area (Å²) in [7, 11) is -3.97. The van der Waals surface area contributed by atoms with Gasteiger partial charge in [-0.05, 0) is 62.4 Å². The van der Waals surface area contributed by atoms with Crippen LogP contribution >= 0.6 is 0 Å². The van der Waals surface area contributed by atoms with Crippen LogP contribution in [0.1, 0.15) is 19.4 Å². The van der Waals surface area contributed by atoms with Gasteiger partial charge in [-0.1, -0.05) is 0 Å². The third kappa shape index (κ3) is 5.70. The van der Waals surface area contributed by atoms with Gasteiger partial charge in [-0.2, -0.15) is 17.9 Å². The first-order chi connectivity index (χ1) is 13.0. The van der Waals surface area contributed by atoms with Crippen LogP contribution in [-0.2, 0) is 21.0 Å². The summed E-state index contributed by atoms with van der Waals surface area (Å²) in [5.41, 5.74) is -0.736. The molecule has 2 aromatic carbocycles. The van der Waals surface area contributed by atoms with Gasteiger partial charge in [0.15, 0.2) is 0 Å². The van der Waals surface area contributed by atoms with Crippen molar-refractivity contribution in [1.29, 1.82) is 0 Å². The molecule has 0 aliphatic rings. The highest BCUT2D eigenvalue weighted by atomic mass is 32.2. The predicted molar refractivity (Wildman–Crippen MR) is 97.5 cm³/mol. The number of hydrogen-bond donors (Lipinski definition) is 2. The molecule has 0 saturated heterocycles. The van der Waals surface area contributed by atoms with E-state index in [0.717, 1.165) is 24.3 Å². The summed E-state index contributed by atoms with van der Waals surface area (Å²) in [5.74, 6) is -0.205. The highest BCUT2D eigenvalue weighted by Crippen LogP contribution is 2.29. The van der Waals surface area contributed by atoms with Gasteiger partial charge < -0.3 is 10.1 Å². The third-order valence-electron chi connectivity index (χ3n) is 3.65. The second kappa shape index (κ2) is 8.61. The molecule has 6 nitrogen and oxygen atoms in total. The second-order valence-electron chi connectivity index (χ2n) is 5.81. The largest absolute Gasteiger partial charge is 0.494 e. The Morgan fingerprint density at radius 3 is 2.14 bits per heavy atom. The van der Waals surface area contributed by atoms with Gasteiger partial charge in [-0.25, -0.2) is 8.42 Å². The summed E-state index contributed by atoms with van der Waals surface area (Å²) >= 11 is 0. The summed E-state index contributed by atoms with van der Waals surface area (Å²) < 4.78 is 69.9. The molecule has 0 fully saturated rings. The molecule has 28 heavy (non-hydrogen) atoms. The lowest BCUT2D eigenvalue weighted by molar-refractivity contribution is -0.137. The quantitative estimate of drug-likeness (QED) is 0.725. The molecule has 0 aliphatic carbocycles. The van der Waals surface area contributed by atoms with Crippen molar-refractivity contribution in [2.24, 2.45) is 0 Å². The molecule has 152 valence electrons. The standard InChI is InChI=1S/C18H19F3N2O4S/c1-3-27-15-8-10-16(11-9-15)28(25,26)23-12(2)17(24)22-14-6-4-13(5-7-14)18(19,20)21/h4-12,23H,3H2,1-2H3,(H,22,24)/t12-/m0/s1. The van der Waals surface area contributed by atoms with E-state index < -0.39 is 33.7 Å². The van der Waals surface area contributed by atoms with Crippen LogP contribution in [0.25, 0.3) is 0 Å². The smallest absolute Gasteiger partial charge is 0.416 e. The van der Waals surface area contributed by atoms with Crippen molar-refractivity contribution < 1.29 is 31.1 Å². The molecule has 10 heteroatoms. The van der Waals surface area contributed by atoms with Crippen LogP contribution < -0.4 is 14.8 Å². The van der Waals surface area contributed by atoms with Crippen molar-refractivity contribution in [2.45, 2.75) is 31.0 Å². The number of alkyl halides is 3. The Kier molecular flexibility index (Phi) is 6.68. The van der Waals surface area contributed by atoms with Crippen LogP contribution in [0.5, 0.6) is 5.75 Å². The summed E-state index contributed by atoms with van der Waals surface area (Å²) in [5, 5.41) is 2.37. The van der Waals surface area contributed by atoms with E-state index in [1.54, 1.807) is 6.92 Å². The summed E-state index contributed by atoms with van der Waals surface area (Å²) in [6.07, 6.45) is -4.48. The van der Waals surface area contributed by atoms with Crippen molar-refractivity contribution in [1.82, 2.24) is 4.72 Å². The molecule has 1 amide bonds. The van der Waals surface area contributed by atoms with Crippen LogP contribution in [0, 0.1) is 0 Å². The molecule has 0 bridgehead atoms. The topological polar surface area (TPSA) is 84.5 Å². The zero-order valence-electron chi connectivity index (χ0n) is 15.1. The van der Waals surface area contributed by atoms with E-state index in [9.17, 15) is 26.4 Å². The second-order valence-corrected chi connectivity index (χ2v) is 7.53. The number of nitrogens with one attached hydrogen (secondary N) is 2. The van der Waals surface area contributed by atoms with E-state index >= 15 is 0 Å². The molecule has 0 heterocycles. The lowest BCUT2D eigenvalue weighted by Crippen LogP contribution is -2.41. The number of amides is 1. The molecule has 0 radical (unpaired) electrons. The highest BCUT2D eigenvalue weighted by Gasteiger charge is 2.30. The normalized spacial score (nSPS) is 13.0. The van der Waals surface area contributed by atoms with Gasteiger partial charge in [-0.3, -0.25) is 4.79 Å². The Labute approximate surface area is 160 Å². The number of benzene rings is 2. The Bertz CT molecular complexity index is 911. The molecule has 1 atom stereocenters. The lowest BCUT2D eigenvalue weighted by Gasteiger charge is -2.15. The summed E-state index contributed by atoms with van der Waals surface area (Å²) in [4.78, 5) is 12.1. The zero-order valence-corrected chi connectivity index (χ0v) is 15.9. The first kappa shape index (κ1) is 21.7. The molecule has 2 aromatic rings. The third-order valence-corrected chi connectivity index (χ3v) is 5.21. The van der Waals surface area contributed by atoms with Crippen molar-refractivity contribution >= 4 is 21.6 Å². The number of ether oxygens (including phenoxy) is 1. The molecule has 0 saturated carbocycles. The Morgan fingerprint density at radius 1 is 1.07 bits per heavy atom. The predicted octanol–water partition coefficient (Wildman–Crippen LogP) is 3.41. The van der Waals surface area contributed by atoms with Crippen LogP contribution in [-0.4, -0.2) is 27.0 Å². The van der Waals surface area contributed by atoms with E-state index in [0.29, 0.717) is 12.4 Å². The minimum absolute atomic E-state index is 0.0508. The molecular weight excluding hydrogens is 397 g/mol. The highest BCUT2D eigenvalue weighted by molar-refractivity contribution is 7.89. The van der Waals surface area contributed by atoms with Gasteiger partial charge >= 0.3 is 6.18 Å². The van der Waals surface area contributed by atoms with Crippen LogP contribution in [0.4, 0.5) is 18.9 Å². The van der Waals surface area contributed by atoms with E-state index in [1.807, 2.05) is 0 Å². The SMILES string of the molecule is CCOc1ccc(S(=O)(=O)N[C@@H](C)C(=O)Nc2ccc(C(F)(F)F)cc2)cc1. The van der Waals surface area contributed by atoms with E-state index in [2.05, 4.69) is 10.0 Å². The minimum Gasteiger partial charge on any atom is -0.494 e. The van der Waals surface area contributed by atoms with Crippen molar-refractivity contribution in [3.63, 3.8) is 0 Å². The maximum Gasteiger partial charge on any atom is 0.416 e. The first-order valence-corrected chi connectivity index (χ1v) is 9.74. The molecule has 2 N–H and O–H groups in total. The molecule has 0 aliphatic heterocycles. The van der Waals surface area contributed by atoms with Gasteiger partial charge in [0.2, 0.25) is 15.9 Å². The Balaban J connectivity index is 2.02. The summed E-state index contributed by atoms with van der Waals surface area (Å²) in [6.45, 7) is 3.56. The van der Waals surface area contributed by atoms with Crippen LogP contribution in [0.3, 0.4) is 0 Å². The average molecular weight is 416 g/mol. The van der Waals surface area contributed by atoms with E-state index in [1.165, 1.54) is 31.2 Å². The molecule has 0 aromatic heterocycles. The fourth-order valence-electron chi connectivity index (χ4n) is 2.23. The van der Waals surface area contributed by atoms with Gasteiger partial charge in [0.1, 0.15) is 5.75 Å². The number of hydrogen-bond acceptors (Lipinski definition) is 4. The number of anilines is 1. The molecule has 0 spiro atoms. The molecule has 2 rings (SSSR count). The van der Waals surface area contributed by atoms with Gasteiger partial charge in [0, 0.05) is 5.69 Å². The van der Waals surface area contributed by atoms with Crippen molar-refractivity contribution in [3.05, 3.63) is 54.1 Å². The molecule has 0 unspecified atom stereocenters. The fraction of sp³-hybridized carbons (Fsp3) is 0.278. The lowest BCUT2D eigenvalue weighted by atomic mass is 10.2. The first-order valence-electron chi connectivity index (χ1n) is 8.26.